The number of aromatic amines is 1. The molecule has 2 aromatic rings. The van der Waals surface area contributed by atoms with Gasteiger partial charge in [-0.1, -0.05) is 20.3 Å². The summed E-state index contributed by atoms with van der Waals surface area (Å²) in [6, 6.07) is 0. The summed E-state index contributed by atoms with van der Waals surface area (Å²) in [6.07, 6.45) is 2.45. The van der Waals surface area contributed by atoms with Crippen molar-refractivity contribution in [1.29, 1.82) is 0 Å². The topological polar surface area (TPSA) is 88.1 Å². The Morgan fingerprint density at radius 1 is 1.32 bits per heavy atom. The Balaban J connectivity index is 2.52. The van der Waals surface area contributed by atoms with Gasteiger partial charge in [-0.05, 0) is 24.4 Å². The molecule has 0 spiro atoms. The van der Waals surface area contributed by atoms with E-state index in [0.29, 0.717) is 18.0 Å². The number of rotatable bonds is 6. The second-order valence-corrected chi connectivity index (χ2v) is 5.98. The van der Waals surface area contributed by atoms with Crippen LogP contribution >= 0.6 is 11.5 Å². The predicted octanol–water partition coefficient (Wildman–Crippen LogP) is 1.43. The molecular weight excluding hydrogens is 304 g/mol. The van der Waals surface area contributed by atoms with Crippen LogP contribution < -0.4 is 11.2 Å². The highest BCUT2D eigenvalue weighted by atomic mass is 32.1. The lowest BCUT2D eigenvalue weighted by Crippen LogP contribution is -2.35. The molecule has 0 aliphatic carbocycles. The van der Waals surface area contributed by atoms with E-state index in [-0.39, 0.29) is 16.9 Å². The molecule has 7 nitrogen and oxygen atoms in total. The Bertz CT molecular complexity index is 789. The molecule has 0 saturated heterocycles. The molecule has 0 aromatic carbocycles. The van der Waals surface area contributed by atoms with Gasteiger partial charge in [0.15, 0.2) is 5.52 Å². The second kappa shape index (κ2) is 6.87. The van der Waals surface area contributed by atoms with E-state index in [9.17, 15) is 14.4 Å². The number of amides is 1. The minimum Gasteiger partial charge on any atom is -0.341 e. The van der Waals surface area contributed by atoms with Crippen LogP contribution in [-0.4, -0.2) is 38.3 Å². The minimum absolute atomic E-state index is 0.161. The third-order valence-electron chi connectivity index (χ3n) is 3.45. The van der Waals surface area contributed by atoms with Crippen LogP contribution in [0, 0.1) is 0 Å². The number of hydrogen-bond acceptors (Lipinski definition) is 5. The molecule has 0 fully saturated rings. The van der Waals surface area contributed by atoms with Gasteiger partial charge < -0.3 is 9.88 Å². The van der Waals surface area contributed by atoms with Crippen molar-refractivity contribution in [2.45, 2.75) is 39.7 Å². The molecule has 2 heterocycles. The predicted molar refractivity (Wildman–Crippen MR) is 86.7 cm³/mol. The van der Waals surface area contributed by atoms with Gasteiger partial charge in [0.05, 0.1) is 5.52 Å². The summed E-state index contributed by atoms with van der Waals surface area (Å²) < 4.78 is 5.23. The maximum atomic E-state index is 12.4. The van der Waals surface area contributed by atoms with Gasteiger partial charge in [-0.15, -0.1) is 0 Å². The number of carbonyl (C=O) groups is 1. The van der Waals surface area contributed by atoms with Gasteiger partial charge in [-0.3, -0.25) is 14.2 Å². The minimum atomic E-state index is -0.488. The number of carbonyl (C=O) groups excluding carboxylic acids is 1. The van der Waals surface area contributed by atoms with Crippen molar-refractivity contribution in [3.63, 3.8) is 0 Å². The number of unbranched alkanes of at least 4 members (excludes halogenated alkanes) is 1. The zero-order chi connectivity index (χ0) is 16.3. The summed E-state index contributed by atoms with van der Waals surface area (Å²) in [5.74, 6) is -0.226. The third-order valence-corrected chi connectivity index (χ3v) is 4.29. The molecule has 0 atom stereocenters. The molecule has 0 bridgehead atoms. The summed E-state index contributed by atoms with van der Waals surface area (Å²) >= 11 is 0.956. The fraction of sp³-hybridized carbons (Fsp3) is 0.571. The summed E-state index contributed by atoms with van der Waals surface area (Å²) in [5, 5.41) is 0. The molecule has 22 heavy (non-hydrogen) atoms. The molecule has 0 aliphatic rings. The van der Waals surface area contributed by atoms with Gasteiger partial charge >= 0.3 is 5.69 Å². The molecule has 0 unspecified atom stereocenters. The van der Waals surface area contributed by atoms with Crippen LogP contribution in [0.4, 0.5) is 0 Å². The van der Waals surface area contributed by atoms with Gasteiger partial charge in [-0.2, -0.15) is 4.37 Å². The number of hydrogen-bond donors (Lipinski definition) is 1. The van der Waals surface area contributed by atoms with E-state index in [1.54, 1.807) is 11.9 Å². The quantitative estimate of drug-likeness (QED) is 0.870. The molecule has 0 saturated carbocycles. The van der Waals surface area contributed by atoms with E-state index in [4.69, 9.17) is 0 Å². The first kappa shape index (κ1) is 16.4. The Hall–Kier alpha value is -1.96. The van der Waals surface area contributed by atoms with Gasteiger partial charge in [0.1, 0.15) is 4.88 Å². The van der Waals surface area contributed by atoms with E-state index in [2.05, 4.69) is 9.36 Å². The summed E-state index contributed by atoms with van der Waals surface area (Å²) in [6.45, 7) is 4.93. The molecule has 1 N–H and O–H groups in total. The largest absolute Gasteiger partial charge is 0.341 e. The highest BCUT2D eigenvalue weighted by Crippen LogP contribution is 2.18. The van der Waals surface area contributed by atoms with Gasteiger partial charge in [-0.25, -0.2) is 4.79 Å². The lowest BCUT2D eigenvalue weighted by molar-refractivity contribution is 0.0801. The zero-order valence-corrected chi connectivity index (χ0v) is 13.8. The summed E-state index contributed by atoms with van der Waals surface area (Å²) in [7, 11) is 1.69. The highest BCUT2D eigenvalue weighted by Gasteiger charge is 2.21. The van der Waals surface area contributed by atoms with E-state index in [1.807, 2.05) is 13.8 Å². The standard InChI is InChI=1S/C14H20N4O3S/c1-4-6-8-18-12(19)10-9(15-14(18)21)11(22-16-10)13(20)17(3)7-5-2/h4-8H2,1-3H3,(H,15,21). The SMILES string of the molecule is CCCCn1c(=O)[nH]c2c(C(=O)N(C)CCC)snc2c1=O. The maximum absolute atomic E-state index is 12.4. The van der Waals surface area contributed by atoms with Gasteiger partial charge in [0.2, 0.25) is 0 Å². The van der Waals surface area contributed by atoms with Crippen LogP contribution in [0.25, 0.3) is 11.0 Å². The van der Waals surface area contributed by atoms with Crippen LogP contribution in [0.2, 0.25) is 0 Å². The molecule has 8 heteroatoms. The van der Waals surface area contributed by atoms with Crippen LogP contribution in [0.5, 0.6) is 0 Å². The number of H-pyrrole nitrogens is 1. The monoisotopic (exact) mass is 324 g/mol. The van der Waals surface area contributed by atoms with E-state index in [1.165, 1.54) is 0 Å². The normalized spacial score (nSPS) is 11.0. The van der Waals surface area contributed by atoms with Crippen molar-refractivity contribution in [1.82, 2.24) is 18.8 Å². The van der Waals surface area contributed by atoms with E-state index >= 15 is 0 Å². The lowest BCUT2D eigenvalue weighted by Gasteiger charge is -2.14. The first-order chi connectivity index (χ1) is 10.5. The molecule has 0 radical (unpaired) electrons. The lowest BCUT2D eigenvalue weighted by atomic mass is 10.3. The van der Waals surface area contributed by atoms with Crippen molar-refractivity contribution >= 4 is 28.5 Å². The third kappa shape index (κ3) is 2.96. The van der Waals surface area contributed by atoms with E-state index in [0.717, 1.165) is 35.4 Å². The molecule has 120 valence electrons. The average Bonchev–Trinajstić information content (AvgIpc) is 2.90. The number of nitrogens with one attached hydrogen (secondary N) is 1. The summed E-state index contributed by atoms with van der Waals surface area (Å²) in [4.78, 5) is 41.3. The highest BCUT2D eigenvalue weighted by molar-refractivity contribution is 7.09. The van der Waals surface area contributed by atoms with Crippen LogP contribution in [0.3, 0.4) is 0 Å². The molecule has 2 rings (SSSR count). The Kier molecular flexibility index (Phi) is 5.12. The van der Waals surface area contributed by atoms with Crippen LogP contribution in [0.1, 0.15) is 42.8 Å². The molecule has 0 aliphatic heterocycles. The second-order valence-electron chi connectivity index (χ2n) is 5.20. The summed E-state index contributed by atoms with van der Waals surface area (Å²) in [5.41, 5.74) is -0.506. The smallest absolute Gasteiger partial charge is 0.328 e. The first-order valence-electron chi connectivity index (χ1n) is 7.39. The Morgan fingerprint density at radius 2 is 2.05 bits per heavy atom. The van der Waals surface area contributed by atoms with Crippen molar-refractivity contribution < 1.29 is 4.79 Å². The Morgan fingerprint density at radius 3 is 2.68 bits per heavy atom. The van der Waals surface area contributed by atoms with Crippen molar-refractivity contribution in [3.8, 4) is 0 Å². The zero-order valence-electron chi connectivity index (χ0n) is 13.0. The van der Waals surface area contributed by atoms with Crippen molar-refractivity contribution in [2.75, 3.05) is 13.6 Å². The van der Waals surface area contributed by atoms with Crippen molar-refractivity contribution in [2.24, 2.45) is 0 Å². The van der Waals surface area contributed by atoms with Crippen LogP contribution in [0.15, 0.2) is 9.59 Å². The van der Waals surface area contributed by atoms with Crippen molar-refractivity contribution in [3.05, 3.63) is 25.7 Å². The average molecular weight is 324 g/mol. The number of aromatic nitrogens is 3. The number of nitrogens with zero attached hydrogens (tertiary/aromatic N) is 3. The van der Waals surface area contributed by atoms with Crippen LogP contribution in [-0.2, 0) is 6.54 Å². The van der Waals surface area contributed by atoms with Gasteiger partial charge in [0.25, 0.3) is 11.5 Å². The fourth-order valence-corrected chi connectivity index (χ4v) is 3.05. The fourth-order valence-electron chi connectivity index (χ4n) is 2.22. The van der Waals surface area contributed by atoms with E-state index < -0.39 is 11.2 Å². The maximum Gasteiger partial charge on any atom is 0.328 e. The molecule has 2 aromatic heterocycles. The Labute approximate surface area is 131 Å². The first-order valence-corrected chi connectivity index (χ1v) is 8.16. The number of fused-ring (bicyclic) bond motifs is 1. The molecular formula is C14H20N4O3S. The molecule has 1 amide bonds. The van der Waals surface area contributed by atoms with Gasteiger partial charge in [0, 0.05) is 20.1 Å².